The fourth-order valence-electron chi connectivity index (χ4n) is 3.68. The van der Waals surface area contributed by atoms with Gasteiger partial charge in [-0.3, -0.25) is 0 Å². The Kier molecular flexibility index (Phi) is 5.74. The van der Waals surface area contributed by atoms with Crippen LogP contribution in [-0.2, 0) is 6.42 Å². The van der Waals surface area contributed by atoms with Crippen LogP contribution in [0.15, 0.2) is 65.2 Å². The maximum Gasteiger partial charge on any atom is 0.393 e. The Balaban J connectivity index is 1.68. The number of aromatic nitrogens is 2. The summed E-state index contributed by atoms with van der Waals surface area (Å²) in [5.74, 6) is 1.15. The molecule has 0 aliphatic rings. The van der Waals surface area contributed by atoms with Crippen LogP contribution in [0, 0.1) is 13.8 Å². The van der Waals surface area contributed by atoms with E-state index >= 15 is 0 Å². The van der Waals surface area contributed by atoms with Crippen molar-refractivity contribution in [1.82, 2.24) is 10.1 Å². The third-order valence-corrected chi connectivity index (χ3v) is 5.20. The van der Waals surface area contributed by atoms with Gasteiger partial charge in [0, 0.05) is 16.7 Å². The molecule has 3 aromatic carbocycles. The molecule has 0 aliphatic heterocycles. The normalized spacial score (nSPS) is 11.6. The molecule has 4 rings (SSSR count). The standard InChI is InChI=1S/C25H21F3N2O2/c1-15-8-10-21(22(12-15)31-3)19-11-9-17(13-16(19)2)24-29-23(30-32-24)20-7-5-4-6-18(20)14-25(26,27)28/h4-13H,14H2,1-3H3. The van der Waals surface area contributed by atoms with E-state index in [0.29, 0.717) is 11.1 Å². The summed E-state index contributed by atoms with van der Waals surface area (Å²) in [6.07, 6.45) is -5.38. The molecule has 0 aliphatic carbocycles. The highest BCUT2D eigenvalue weighted by Crippen LogP contribution is 2.35. The summed E-state index contributed by atoms with van der Waals surface area (Å²) in [6.45, 7) is 3.97. The fraction of sp³-hybridized carbons (Fsp3) is 0.200. The summed E-state index contributed by atoms with van der Waals surface area (Å²) in [4.78, 5) is 4.36. The molecule has 0 atom stereocenters. The SMILES string of the molecule is COc1cc(C)ccc1-c1ccc(-c2nc(-c3ccccc3CC(F)(F)F)no2)cc1C. The van der Waals surface area contributed by atoms with Gasteiger partial charge in [-0.1, -0.05) is 47.6 Å². The second-order valence-corrected chi connectivity index (χ2v) is 7.61. The van der Waals surface area contributed by atoms with Crippen molar-refractivity contribution in [3.05, 3.63) is 77.4 Å². The van der Waals surface area contributed by atoms with Gasteiger partial charge in [0.15, 0.2) is 0 Å². The van der Waals surface area contributed by atoms with Gasteiger partial charge >= 0.3 is 6.18 Å². The van der Waals surface area contributed by atoms with E-state index < -0.39 is 12.6 Å². The van der Waals surface area contributed by atoms with Crippen molar-refractivity contribution in [1.29, 1.82) is 0 Å². The maximum absolute atomic E-state index is 12.9. The third-order valence-electron chi connectivity index (χ3n) is 5.20. The number of halogens is 3. The van der Waals surface area contributed by atoms with Gasteiger partial charge in [0.25, 0.3) is 5.89 Å². The van der Waals surface area contributed by atoms with E-state index in [1.165, 1.54) is 6.07 Å². The molecule has 0 fully saturated rings. The van der Waals surface area contributed by atoms with E-state index in [-0.39, 0.29) is 17.3 Å². The van der Waals surface area contributed by atoms with Crippen molar-refractivity contribution in [3.63, 3.8) is 0 Å². The van der Waals surface area contributed by atoms with Crippen LogP contribution in [0.4, 0.5) is 13.2 Å². The zero-order valence-electron chi connectivity index (χ0n) is 17.8. The maximum atomic E-state index is 12.9. The molecule has 0 unspecified atom stereocenters. The predicted octanol–water partition coefficient (Wildman–Crippen LogP) is 6.80. The molecule has 0 spiro atoms. The first kappa shape index (κ1) is 21.6. The van der Waals surface area contributed by atoms with Crippen LogP contribution in [0.2, 0.25) is 0 Å². The number of benzene rings is 3. The molecule has 32 heavy (non-hydrogen) atoms. The Labute approximate surface area is 183 Å². The second-order valence-electron chi connectivity index (χ2n) is 7.61. The minimum Gasteiger partial charge on any atom is -0.496 e. The first-order valence-electron chi connectivity index (χ1n) is 10.00. The quantitative estimate of drug-likeness (QED) is 0.344. The van der Waals surface area contributed by atoms with E-state index in [9.17, 15) is 13.2 Å². The molecule has 0 saturated carbocycles. The van der Waals surface area contributed by atoms with Crippen LogP contribution in [0.1, 0.15) is 16.7 Å². The molecule has 164 valence electrons. The fourth-order valence-corrected chi connectivity index (χ4v) is 3.68. The number of rotatable bonds is 5. The number of aryl methyl sites for hydroxylation is 2. The van der Waals surface area contributed by atoms with Gasteiger partial charge in [-0.2, -0.15) is 18.2 Å². The monoisotopic (exact) mass is 438 g/mol. The average molecular weight is 438 g/mol. The minimum atomic E-state index is -4.33. The molecular weight excluding hydrogens is 417 g/mol. The molecule has 0 radical (unpaired) electrons. The summed E-state index contributed by atoms with van der Waals surface area (Å²) in [7, 11) is 1.64. The topological polar surface area (TPSA) is 48.2 Å². The first-order chi connectivity index (χ1) is 15.2. The van der Waals surface area contributed by atoms with Gasteiger partial charge in [0.2, 0.25) is 5.82 Å². The number of ether oxygens (including phenoxy) is 1. The predicted molar refractivity (Wildman–Crippen MR) is 116 cm³/mol. The lowest BCUT2D eigenvalue weighted by Crippen LogP contribution is -2.12. The largest absolute Gasteiger partial charge is 0.496 e. The van der Waals surface area contributed by atoms with Crippen molar-refractivity contribution in [2.24, 2.45) is 0 Å². The van der Waals surface area contributed by atoms with Crippen molar-refractivity contribution in [2.45, 2.75) is 26.4 Å². The van der Waals surface area contributed by atoms with Crippen LogP contribution in [0.25, 0.3) is 34.0 Å². The smallest absolute Gasteiger partial charge is 0.393 e. The van der Waals surface area contributed by atoms with E-state index in [4.69, 9.17) is 9.26 Å². The lowest BCUT2D eigenvalue weighted by Gasteiger charge is -2.12. The summed E-state index contributed by atoms with van der Waals surface area (Å²) in [5.41, 5.74) is 5.13. The Hall–Kier alpha value is -3.61. The van der Waals surface area contributed by atoms with Gasteiger partial charge in [-0.25, -0.2) is 0 Å². The summed E-state index contributed by atoms with van der Waals surface area (Å²) >= 11 is 0. The highest BCUT2D eigenvalue weighted by molar-refractivity contribution is 5.76. The zero-order valence-corrected chi connectivity index (χ0v) is 17.8. The van der Waals surface area contributed by atoms with Gasteiger partial charge in [0.1, 0.15) is 5.75 Å². The summed E-state index contributed by atoms with van der Waals surface area (Å²) in [5, 5.41) is 3.93. The van der Waals surface area contributed by atoms with Gasteiger partial charge in [-0.15, -0.1) is 0 Å². The lowest BCUT2D eigenvalue weighted by atomic mass is 9.96. The summed E-state index contributed by atoms with van der Waals surface area (Å²) in [6, 6.07) is 17.9. The van der Waals surface area contributed by atoms with Crippen molar-refractivity contribution in [2.75, 3.05) is 7.11 Å². The number of methoxy groups -OCH3 is 1. The van der Waals surface area contributed by atoms with E-state index in [0.717, 1.165) is 28.0 Å². The van der Waals surface area contributed by atoms with Crippen LogP contribution in [0.5, 0.6) is 5.75 Å². The second kappa shape index (κ2) is 8.49. The molecule has 0 bridgehead atoms. The highest BCUT2D eigenvalue weighted by Gasteiger charge is 2.29. The number of alkyl halides is 3. The highest BCUT2D eigenvalue weighted by atomic mass is 19.4. The molecule has 1 heterocycles. The van der Waals surface area contributed by atoms with E-state index in [1.807, 2.05) is 50.2 Å². The Morgan fingerprint density at radius 2 is 1.66 bits per heavy atom. The first-order valence-corrected chi connectivity index (χ1v) is 10.00. The van der Waals surface area contributed by atoms with Crippen LogP contribution in [-0.4, -0.2) is 23.4 Å². The minimum absolute atomic E-state index is 0.102. The number of hydrogen-bond donors (Lipinski definition) is 0. The average Bonchev–Trinajstić information content (AvgIpc) is 3.23. The van der Waals surface area contributed by atoms with Crippen LogP contribution >= 0.6 is 0 Å². The van der Waals surface area contributed by atoms with Crippen LogP contribution < -0.4 is 4.74 Å². The zero-order chi connectivity index (χ0) is 22.9. The van der Waals surface area contributed by atoms with E-state index in [1.54, 1.807) is 25.3 Å². The third kappa shape index (κ3) is 4.51. The van der Waals surface area contributed by atoms with E-state index in [2.05, 4.69) is 10.1 Å². The molecule has 4 aromatic rings. The Morgan fingerprint density at radius 1 is 0.906 bits per heavy atom. The molecule has 4 nitrogen and oxygen atoms in total. The molecule has 0 N–H and O–H groups in total. The van der Waals surface area contributed by atoms with Gasteiger partial charge in [-0.05, 0) is 54.3 Å². The number of hydrogen-bond acceptors (Lipinski definition) is 4. The number of nitrogens with zero attached hydrogens (tertiary/aromatic N) is 2. The van der Waals surface area contributed by atoms with Crippen molar-refractivity contribution >= 4 is 0 Å². The van der Waals surface area contributed by atoms with Crippen LogP contribution in [0.3, 0.4) is 0 Å². The molecule has 0 amide bonds. The Bertz CT molecular complexity index is 1260. The molecule has 0 saturated heterocycles. The molecule has 1 aromatic heterocycles. The Morgan fingerprint density at radius 3 is 2.38 bits per heavy atom. The van der Waals surface area contributed by atoms with Gasteiger partial charge in [0.05, 0.1) is 13.5 Å². The molecular formula is C25H21F3N2O2. The van der Waals surface area contributed by atoms with Gasteiger partial charge < -0.3 is 9.26 Å². The van der Waals surface area contributed by atoms with Crippen molar-refractivity contribution < 1.29 is 22.4 Å². The van der Waals surface area contributed by atoms with Crippen molar-refractivity contribution in [3.8, 4) is 39.7 Å². The lowest BCUT2D eigenvalue weighted by molar-refractivity contribution is -0.127. The summed E-state index contributed by atoms with van der Waals surface area (Å²) < 4.78 is 49.7. The molecule has 7 heteroatoms.